The average Bonchev–Trinajstić information content (AvgIpc) is 3.21. The van der Waals surface area contributed by atoms with Crippen LogP contribution in [0.1, 0.15) is 5.01 Å². The van der Waals surface area contributed by atoms with Gasteiger partial charge in [0.2, 0.25) is 10.8 Å². The first-order valence-corrected chi connectivity index (χ1v) is 7.83. The number of fused-ring (bicyclic) bond motifs is 1. The second kappa shape index (κ2) is 5.35. The number of nitrogens with zero attached hydrogens (tertiary/aromatic N) is 6. The minimum absolute atomic E-state index is 0.0628. The van der Waals surface area contributed by atoms with Gasteiger partial charge in [0, 0.05) is 17.7 Å². The van der Waals surface area contributed by atoms with Crippen LogP contribution in [0.2, 0.25) is 5.15 Å². The lowest BCUT2D eigenvalue weighted by Crippen LogP contribution is -1.91. The van der Waals surface area contributed by atoms with Crippen molar-refractivity contribution < 1.29 is 9.45 Å². The summed E-state index contributed by atoms with van der Waals surface area (Å²) in [6.07, 6.45) is 0. The Bertz CT molecular complexity index is 1080. The quantitative estimate of drug-likeness (QED) is 0.405. The number of nitro groups is 1. The van der Waals surface area contributed by atoms with E-state index in [0.717, 1.165) is 5.01 Å². The molecule has 4 rings (SSSR count). The predicted molar refractivity (Wildman–Crippen MR) is 86.0 cm³/mol. The average molecular weight is 363 g/mol. The topological polar surface area (TPSA) is 112 Å². The number of hydrogen-bond donors (Lipinski definition) is 0. The lowest BCUT2D eigenvalue weighted by atomic mass is 10.2. The first kappa shape index (κ1) is 14.7. The Morgan fingerprint density at radius 1 is 1.38 bits per heavy atom. The van der Waals surface area contributed by atoms with Crippen LogP contribution < -0.4 is 0 Å². The molecule has 11 heteroatoms. The van der Waals surface area contributed by atoms with Crippen molar-refractivity contribution in [1.29, 1.82) is 0 Å². The lowest BCUT2D eigenvalue weighted by molar-refractivity contribution is -0.384. The zero-order chi connectivity index (χ0) is 16.8. The molecule has 0 saturated carbocycles. The molecule has 0 aliphatic heterocycles. The summed E-state index contributed by atoms with van der Waals surface area (Å²) >= 11 is 7.53. The number of nitro benzene ring substituents is 1. The highest BCUT2D eigenvalue weighted by molar-refractivity contribution is 7.16. The normalized spacial score (nSPS) is 11.2. The van der Waals surface area contributed by atoms with Crippen LogP contribution in [0.25, 0.3) is 27.9 Å². The maximum atomic E-state index is 10.9. The second-order valence-electron chi connectivity index (χ2n) is 4.80. The molecule has 0 unspecified atom stereocenters. The number of non-ortho nitro benzene ring substituents is 1. The van der Waals surface area contributed by atoms with E-state index in [1.807, 2.05) is 6.92 Å². The van der Waals surface area contributed by atoms with Crippen LogP contribution in [0.4, 0.5) is 5.69 Å². The highest BCUT2D eigenvalue weighted by Crippen LogP contribution is 2.31. The molecule has 0 saturated heterocycles. The maximum absolute atomic E-state index is 10.9. The fourth-order valence-corrected chi connectivity index (χ4v) is 3.23. The highest BCUT2D eigenvalue weighted by Gasteiger charge is 2.22. The summed E-state index contributed by atoms with van der Waals surface area (Å²) in [6, 6.07) is 5.93. The lowest BCUT2D eigenvalue weighted by Gasteiger charge is -1.94. The summed E-state index contributed by atoms with van der Waals surface area (Å²) in [5.41, 5.74) is 0.790. The zero-order valence-electron chi connectivity index (χ0n) is 12.0. The van der Waals surface area contributed by atoms with E-state index < -0.39 is 4.92 Å². The van der Waals surface area contributed by atoms with E-state index in [1.54, 1.807) is 16.6 Å². The maximum Gasteiger partial charge on any atom is 0.270 e. The number of aryl methyl sites for hydroxylation is 1. The Hall–Kier alpha value is -2.85. The van der Waals surface area contributed by atoms with Gasteiger partial charge < -0.3 is 4.52 Å². The van der Waals surface area contributed by atoms with Crippen LogP contribution >= 0.6 is 22.9 Å². The molecule has 0 radical (unpaired) electrons. The molecule has 0 N–H and O–H groups in total. The summed E-state index contributed by atoms with van der Waals surface area (Å²) in [4.78, 5) is 19.5. The van der Waals surface area contributed by atoms with E-state index in [1.165, 1.54) is 23.5 Å². The summed E-state index contributed by atoms with van der Waals surface area (Å²) in [5.74, 6) is 0.353. The Balaban J connectivity index is 1.81. The summed E-state index contributed by atoms with van der Waals surface area (Å²) in [5, 5.41) is 20.1. The van der Waals surface area contributed by atoms with Crippen molar-refractivity contribution in [2.24, 2.45) is 0 Å². The minimum atomic E-state index is -0.490. The van der Waals surface area contributed by atoms with Gasteiger partial charge in [-0.25, -0.2) is 4.98 Å². The first-order valence-electron chi connectivity index (χ1n) is 6.63. The van der Waals surface area contributed by atoms with E-state index in [2.05, 4.69) is 20.2 Å². The van der Waals surface area contributed by atoms with Crippen LogP contribution in [0.15, 0.2) is 28.8 Å². The Labute approximate surface area is 142 Å². The molecule has 4 aromatic rings. The molecule has 1 aromatic carbocycles. The van der Waals surface area contributed by atoms with Gasteiger partial charge in [-0.05, 0) is 13.0 Å². The molecule has 0 fully saturated rings. The SMILES string of the molecule is Cc1nn2c(-c3noc(-c4cccc([N+](=O)[O-])c4)n3)c(Cl)nc2s1. The van der Waals surface area contributed by atoms with Gasteiger partial charge >= 0.3 is 0 Å². The van der Waals surface area contributed by atoms with E-state index in [-0.39, 0.29) is 22.6 Å². The van der Waals surface area contributed by atoms with Crippen molar-refractivity contribution in [3.05, 3.63) is 44.5 Å². The number of aromatic nitrogens is 5. The number of hydrogen-bond acceptors (Lipinski definition) is 8. The third kappa shape index (κ3) is 2.32. The predicted octanol–water partition coefficient (Wildman–Crippen LogP) is 3.38. The third-order valence-electron chi connectivity index (χ3n) is 3.20. The van der Waals surface area contributed by atoms with Gasteiger partial charge in [-0.1, -0.05) is 34.2 Å². The smallest absolute Gasteiger partial charge is 0.270 e. The van der Waals surface area contributed by atoms with Crippen LogP contribution in [-0.4, -0.2) is 29.7 Å². The molecule has 0 aliphatic rings. The fourth-order valence-electron chi connectivity index (χ4n) is 2.20. The monoisotopic (exact) mass is 362 g/mol. The molecule has 9 nitrogen and oxygen atoms in total. The molecule has 24 heavy (non-hydrogen) atoms. The molecule has 120 valence electrons. The standard InChI is InChI=1S/C13H7ClN6O3S/c1-6-17-19-9(10(14)15-13(19)24-6)11-16-12(23-18-11)7-3-2-4-8(5-7)20(21)22/h2-5H,1H3. The molecule has 3 aromatic heterocycles. The molecule has 0 aliphatic carbocycles. The minimum Gasteiger partial charge on any atom is -0.334 e. The van der Waals surface area contributed by atoms with Gasteiger partial charge in [0.05, 0.1) is 4.92 Å². The molecular weight excluding hydrogens is 356 g/mol. The van der Waals surface area contributed by atoms with Crippen molar-refractivity contribution in [3.8, 4) is 23.0 Å². The van der Waals surface area contributed by atoms with Gasteiger partial charge in [-0.15, -0.1) is 0 Å². The van der Waals surface area contributed by atoms with Gasteiger partial charge in [0.1, 0.15) is 5.01 Å². The molecule has 3 heterocycles. The van der Waals surface area contributed by atoms with E-state index in [4.69, 9.17) is 16.1 Å². The van der Waals surface area contributed by atoms with Gasteiger partial charge in [-0.3, -0.25) is 10.1 Å². The first-order chi connectivity index (χ1) is 11.5. The largest absolute Gasteiger partial charge is 0.334 e. The summed E-state index contributed by atoms with van der Waals surface area (Å²) < 4.78 is 6.76. The molecule has 0 spiro atoms. The second-order valence-corrected chi connectivity index (χ2v) is 6.32. The Morgan fingerprint density at radius 3 is 3.00 bits per heavy atom. The van der Waals surface area contributed by atoms with Crippen LogP contribution in [0.5, 0.6) is 0 Å². The summed E-state index contributed by atoms with van der Waals surface area (Å²) in [6.45, 7) is 1.85. The molecule has 0 atom stereocenters. The Kier molecular flexibility index (Phi) is 3.28. The summed E-state index contributed by atoms with van der Waals surface area (Å²) in [7, 11) is 0. The van der Waals surface area contributed by atoms with Crippen molar-refractivity contribution in [3.63, 3.8) is 0 Å². The molecule has 0 bridgehead atoms. The number of halogens is 1. The Morgan fingerprint density at radius 2 is 2.21 bits per heavy atom. The van der Waals surface area contributed by atoms with Gasteiger partial charge in [0.25, 0.3) is 11.6 Å². The highest BCUT2D eigenvalue weighted by atomic mass is 35.5. The molecule has 0 amide bonds. The van der Waals surface area contributed by atoms with Gasteiger partial charge in [-0.2, -0.15) is 14.6 Å². The molecular formula is C13H7ClN6O3S. The van der Waals surface area contributed by atoms with Crippen molar-refractivity contribution in [1.82, 2.24) is 24.7 Å². The zero-order valence-corrected chi connectivity index (χ0v) is 13.6. The van der Waals surface area contributed by atoms with Crippen molar-refractivity contribution in [2.45, 2.75) is 6.92 Å². The number of benzene rings is 1. The van der Waals surface area contributed by atoms with Crippen molar-refractivity contribution >= 4 is 33.6 Å². The van der Waals surface area contributed by atoms with Crippen LogP contribution in [0.3, 0.4) is 0 Å². The number of imidazole rings is 1. The number of rotatable bonds is 3. The van der Waals surface area contributed by atoms with Gasteiger partial charge in [0.15, 0.2) is 10.8 Å². The van der Waals surface area contributed by atoms with E-state index in [0.29, 0.717) is 16.2 Å². The van der Waals surface area contributed by atoms with E-state index >= 15 is 0 Å². The van der Waals surface area contributed by atoms with Crippen LogP contribution in [0, 0.1) is 17.0 Å². The van der Waals surface area contributed by atoms with Crippen molar-refractivity contribution in [2.75, 3.05) is 0 Å². The fraction of sp³-hybridized carbons (Fsp3) is 0.0769. The van der Waals surface area contributed by atoms with E-state index in [9.17, 15) is 10.1 Å². The van der Waals surface area contributed by atoms with Crippen LogP contribution in [-0.2, 0) is 0 Å². The third-order valence-corrected chi connectivity index (χ3v) is 4.29.